The molecule has 18 nitrogen and oxygen atoms in total. The summed E-state index contributed by atoms with van der Waals surface area (Å²) in [6.45, 7) is 7.87. The summed E-state index contributed by atoms with van der Waals surface area (Å²) in [6, 6.07) is 0. The van der Waals surface area contributed by atoms with E-state index in [0.29, 0.717) is 31.3 Å². The van der Waals surface area contributed by atoms with Gasteiger partial charge >= 0.3 is 166 Å². The normalized spacial score (nSPS) is 40.2. The molecular formula is C31H43K3O18S2. The summed E-state index contributed by atoms with van der Waals surface area (Å²) in [4.78, 5) is 39.0. The molecule has 5 fully saturated rings. The Balaban J connectivity index is 0.00000336. The maximum absolute atomic E-state index is 13.1. The molecule has 5 rings (SSSR count). The zero-order valence-corrected chi connectivity index (χ0v) is 42.2. The van der Waals surface area contributed by atoms with E-state index in [-0.39, 0.29) is 185 Å². The Morgan fingerprint density at radius 1 is 0.944 bits per heavy atom. The smallest absolute Gasteiger partial charge is 0.726 e. The van der Waals surface area contributed by atoms with Gasteiger partial charge < -0.3 is 48.5 Å². The molecule has 2 bridgehead atoms. The number of fused-ring (bicyclic) bond motifs is 3. The molecule has 3 N–H and O–H groups in total. The summed E-state index contributed by atoms with van der Waals surface area (Å²) in [5.74, 6) is -6.40. The second kappa shape index (κ2) is 19.8. The predicted octanol–water partition coefficient (Wildman–Crippen LogP) is -9.89. The Bertz CT molecular complexity index is 1630. The predicted molar refractivity (Wildman–Crippen MR) is 163 cm³/mol. The molecule has 1 saturated heterocycles. The standard InChI is InChI=1S/C31H46O18S2.3K/c1-14(2)9-21(33)47-24-23(49-51(42,43)44)22(48-50(39,40)41)18(13-32)46-26(24)45-17-11-29(4)19-6-5-16-10-30(19,25(34)15(16)3)8-7-20(29)31(12-17,27(35)36)28(37)38;;;/h14,16-20,22-26,32,34H,3,5-13H2,1-2,4H3,(H,35,36)(H,37,38)(H,39,40,41)(H,42,43,44);;;/q;3*+1/p-3/t16-,17-,18+,19-,20?,22+,23-,24+,25-,26+,29-,30+;;;/m0.../s1. The molecule has 0 aromatic heterocycles. The van der Waals surface area contributed by atoms with Gasteiger partial charge in [-0.25, -0.2) is 16.8 Å². The number of carbonyl (C=O) groups excluding carboxylic acids is 2. The van der Waals surface area contributed by atoms with Crippen molar-refractivity contribution < 1.29 is 237 Å². The molecule has 0 amide bonds. The van der Waals surface area contributed by atoms with Gasteiger partial charge in [0.05, 0.1) is 24.8 Å². The van der Waals surface area contributed by atoms with Crippen molar-refractivity contribution in [3.05, 3.63) is 12.2 Å². The van der Waals surface area contributed by atoms with Crippen molar-refractivity contribution in [2.24, 2.45) is 39.9 Å². The van der Waals surface area contributed by atoms with Crippen molar-refractivity contribution in [1.82, 2.24) is 0 Å². The van der Waals surface area contributed by atoms with Crippen molar-refractivity contribution in [3.8, 4) is 0 Å². The molecule has 1 heterocycles. The van der Waals surface area contributed by atoms with E-state index in [2.05, 4.69) is 14.9 Å². The van der Waals surface area contributed by atoms with Crippen LogP contribution in [0.4, 0.5) is 0 Å². The Kier molecular flexibility index (Phi) is 19.3. The summed E-state index contributed by atoms with van der Waals surface area (Å²) < 4.78 is 96.9. The number of rotatable bonds is 12. The number of aliphatic carboxylic acids is 2. The summed E-state index contributed by atoms with van der Waals surface area (Å²) in [5.41, 5.74) is -3.76. The first-order valence-corrected chi connectivity index (χ1v) is 19.4. The second-order valence-electron chi connectivity index (χ2n) is 15.3. The minimum Gasteiger partial charge on any atom is -0.726 e. The molecule has 4 aliphatic carbocycles. The molecule has 54 heavy (non-hydrogen) atoms. The molecule has 0 aromatic rings. The summed E-state index contributed by atoms with van der Waals surface area (Å²) in [7, 11) is -11.5. The Morgan fingerprint density at radius 3 is 2.06 bits per heavy atom. The van der Waals surface area contributed by atoms with Crippen molar-refractivity contribution in [2.75, 3.05) is 6.61 Å². The van der Waals surface area contributed by atoms with Gasteiger partial charge in [0.25, 0.3) is 0 Å². The van der Waals surface area contributed by atoms with Crippen molar-refractivity contribution in [1.29, 1.82) is 0 Å². The van der Waals surface area contributed by atoms with Gasteiger partial charge in [-0.1, -0.05) is 27.4 Å². The van der Waals surface area contributed by atoms with Gasteiger partial charge in [-0.05, 0) is 79.6 Å². The van der Waals surface area contributed by atoms with Crippen molar-refractivity contribution in [2.45, 2.75) is 115 Å². The van der Waals surface area contributed by atoms with E-state index in [1.165, 1.54) is 0 Å². The summed E-state index contributed by atoms with van der Waals surface area (Å²) in [5, 5.41) is 45.2. The quantitative estimate of drug-likeness (QED) is 0.0312. The van der Waals surface area contributed by atoms with Crippen LogP contribution in [0.3, 0.4) is 0 Å². The molecular weight excluding hydrogens is 842 g/mol. The van der Waals surface area contributed by atoms with Gasteiger partial charge in [-0.15, -0.1) is 0 Å². The fraction of sp³-hybridized carbons (Fsp3) is 0.839. The summed E-state index contributed by atoms with van der Waals surface area (Å²) >= 11 is 0. The number of hydrogen-bond donors (Lipinski definition) is 3. The van der Waals surface area contributed by atoms with Crippen LogP contribution in [0.1, 0.15) is 72.1 Å². The van der Waals surface area contributed by atoms with Gasteiger partial charge in [-0.2, -0.15) is 0 Å². The third-order valence-corrected chi connectivity index (χ3v) is 12.9. The van der Waals surface area contributed by atoms with Crippen LogP contribution in [0.5, 0.6) is 0 Å². The number of aliphatic hydroxyl groups is 2. The van der Waals surface area contributed by atoms with Crippen LogP contribution in [0.25, 0.3) is 0 Å². The fourth-order valence-corrected chi connectivity index (χ4v) is 11.2. The molecule has 1 unspecified atom stereocenters. The van der Waals surface area contributed by atoms with Crippen LogP contribution < -0.4 is 159 Å². The number of hydrogen-bond acceptors (Lipinski definition) is 17. The number of carbonyl (C=O) groups is 3. The van der Waals surface area contributed by atoms with E-state index in [1.807, 2.05) is 0 Å². The molecule has 290 valence electrons. The second-order valence-corrected chi connectivity index (χ2v) is 17.3. The van der Waals surface area contributed by atoms with Gasteiger partial charge in [0.2, 0.25) is 20.8 Å². The van der Waals surface area contributed by atoms with Crippen LogP contribution >= 0.6 is 0 Å². The first-order valence-electron chi connectivity index (χ1n) is 16.7. The van der Waals surface area contributed by atoms with Crippen molar-refractivity contribution >= 4 is 38.7 Å². The Hall–Kier alpha value is 2.64. The Morgan fingerprint density at radius 2 is 1.54 bits per heavy atom. The minimum atomic E-state index is -5.79. The number of esters is 1. The molecule has 1 spiro atoms. The van der Waals surface area contributed by atoms with Crippen LogP contribution in [0, 0.1) is 39.9 Å². The van der Waals surface area contributed by atoms with Crippen LogP contribution in [-0.2, 0) is 57.8 Å². The first kappa shape index (κ1) is 52.8. The molecule has 5 aliphatic rings. The van der Waals surface area contributed by atoms with E-state index in [1.54, 1.807) is 20.8 Å². The zero-order valence-electron chi connectivity index (χ0n) is 31.2. The fourth-order valence-electron chi connectivity index (χ4n) is 10.2. The van der Waals surface area contributed by atoms with Gasteiger partial charge in [0.1, 0.15) is 23.7 Å². The van der Waals surface area contributed by atoms with E-state index >= 15 is 0 Å². The van der Waals surface area contributed by atoms with Gasteiger partial charge in [-0.3, -0.25) is 18.0 Å². The van der Waals surface area contributed by atoms with E-state index in [0.717, 1.165) is 0 Å². The average Bonchev–Trinajstić information content (AvgIpc) is 3.16. The number of ether oxygens (including phenoxy) is 3. The first-order chi connectivity index (χ1) is 23.5. The Labute approximate surface area is 442 Å². The number of carboxylic acids is 2. The molecule has 13 atom stereocenters. The SMILES string of the molecule is C=C1[C@H]2CC[C@@H]3[C@@](CCC4[C@](C(=O)[O-])(C(=O)O)C[C@@H](O[C@@H]5O[C@H](CO)[C@@H](OS(=O)(=O)[O-])[C@H](OS(=O)(=O)[O-])[C@H]5OC(=O)CC(C)C)C[C@]43C)(C2)[C@H]1O.[K+].[K+].[K+]. The monoisotopic (exact) mass is 884 g/mol. The van der Waals surface area contributed by atoms with Gasteiger partial charge in [0, 0.05) is 11.8 Å². The molecule has 0 aromatic carbocycles. The van der Waals surface area contributed by atoms with Gasteiger partial charge in [0.15, 0.2) is 12.4 Å². The largest absolute Gasteiger partial charge is 1.00 e. The van der Waals surface area contributed by atoms with E-state index < -0.39 is 123 Å². The van der Waals surface area contributed by atoms with E-state index in [9.17, 15) is 60.8 Å². The third kappa shape index (κ3) is 10.5. The molecule has 23 heteroatoms. The van der Waals surface area contributed by atoms with Crippen molar-refractivity contribution in [3.63, 3.8) is 0 Å². The molecule has 4 saturated carbocycles. The minimum absolute atomic E-state index is 0. The molecule has 0 radical (unpaired) electrons. The number of carboxylic acid groups (broad SMARTS) is 2. The maximum Gasteiger partial charge on any atom is 1.00 e. The summed E-state index contributed by atoms with van der Waals surface area (Å²) in [6.07, 6.45) is -12.4. The third-order valence-electron chi connectivity index (χ3n) is 12.0. The van der Waals surface area contributed by atoms with Crippen LogP contribution in [-0.4, -0.2) is 109 Å². The molecule has 1 aliphatic heterocycles. The average molecular weight is 885 g/mol. The van der Waals surface area contributed by atoms with Crippen LogP contribution in [0.2, 0.25) is 0 Å². The van der Waals surface area contributed by atoms with Crippen LogP contribution in [0.15, 0.2) is 12.2 Å². The topological polar surface area (TPSA) is 296 Å². The van der Waals surface area contributed by atoms with E-state index in [4.69, 9.17) is 14.2 Å². The zero-order chi connectivity index (χ0) is 38.1. The number of aliphatic hydroxyl groups excluding tert-OH is 2. The maximum atomic E-state index is 13.1.